The van der Waals surface area contributed by atoms with Gasteiger partial charge < -0.3 is 10.6 Å². The Kier molecular flexibility index (Phi) is 6.70. The molecular formula is C24H28ClN3O3. The van der Waals surface area contributed by atoms with Gasteiger partial charge in [-0.15, -0.1) is 0 Å². The van der Waals surface area contributed by atoms with Crippen molar-refractivity contribution in [3.05, 3.63) is 70.2 Å². The van der Waals surface area contributed by atoms with Gasteiger partial charge in [-0.2, -0.15) is 0 Å². The van der Waals surface area contributed by atoms with Crippen LogP contribution < -0.4 is 10.6 Å². The minimum atomic E-state index is -1.31. The van der Waals surface area contributed by atoms with Gasteiger partial charge in [-0.25, -0.2) is 4.79 Å². The van der Waals surface area contributed by atoms with E-state index in [-0.39, 0.29) is 12.6 Å². The molecule has 3 rings (SSSR count). The van der Waals surface area contributed by atoms with E-state index in [0.29, 0.717) is 16.5 Å². The molecule has 2 unspecified atom stereocenters. The van der Waals surface area contributed by atoms with Crippen molar-refractivity contribution in [2.24, 2.45) is 5.92 Å². The summed E-state index contributed by atoms with van der Waals surface area (Å²) in [5.41, 5.74) is 1.38. The Bertz CT molecular complexity index is 990. The Hall–Kier alpha value is -2.86. The lowest BCUT2D eigenvalue weighted by molar-refractivity contribution is -0.135. The lowest BCUT2D eigenvalue weighted by atomic mass is 9.92. The molecule has 0 aliphatic carbocycles. The third kappa shape index (κ3) is 4.90. The molecule has 2 N–H and O–H groups in total. The highest BCUT2D eigenvalue weighted by atomic mass is 35.5. The second kappa shape index (κ2) is 9.10. The smallest absolute Gasteiger partial charge is 0.325 e. The molecule has 0 bridgehead atoms. The first kappa shape index (κ1) is 22.8. The van der Waals surface area contributed by atoms with Gasteiger partial charge in [0.1, 0.15) is 12.1 Å². The second-order valence-electron chi connectivity index (χ2n) is 8.56. The molecule has 0 spiro atoms. The summed E-state index contributed by atoms with van der Waals surface area (Å²) in [7, 11) is 0. The van der Waals surface area contributed by atoms with Crippen molar-refractivity contribution >= 4 is 29.4 Å². The number of carbonyl (C=O) groups is 3. The van der Waals surface area contributed by atoms with E-state index >= 15 is 0 Å². The van der Waals surface area contributed by atoms with Gasteiger partial charge in [0, 0.05) is 10.6 Å². The fourth-order valence-electron chi connectivity index (χ4n) is 3.82. The molecule has 1 aliphatic rings. The predicted octanol–water partition coefficient (Wildman–Crippen LogP) is 4.18. The summed E-state index contributed by atoms with van der Waals surface area (Å²) in [5.74, 6) is -0.347. The van der Waals surface area contributed by atoms with Crippen LogP contribution in [0.5, 0.6) is 0 Å². The van der Waals surface area contributed by atoms with E-state index in [9.17, 15) is 14.4 Å². The molecule has 2 aromatic rings. The van der Waals surface area contributed by atoms with Gasteiger partial charge in [-0.1, -0.05) is 67.9 Å². The van der Waals surface area contributed by atoms with Crippen LogP contribution in [0.25, 0.3) is 0 Å². The number of amides is 4. The Morgan fingerprint density at radius 3 is 2.35 bits per heavy atom. The van der Waals surface area contributed by atoms with Crippen molar-refractivity contribution in [3.63, 3.8) is 0 Å². The third-order valence-corrected chi connectivity index (χ3v) is 5.82. The Morgan fingerprint density at radius 1 is 1.10 bits per heavy atom. The molecule has 1 aliphatic heterocycles. The number of urea groups is 1. The van der Waals surface area contributed by atoms with E-state index in [4.69, 9.17) is 11.6 Å². The van der Waals surface area contributed by atoms with Crippen molar-refractivity contribution < 1.29 is 14.4 Å². The van der Waals surface area contributed by atoms with Gasteiger partial charge in [0.05, 0.1) is 6.04 Å². The second-order valence-corrected chi connectivity index (χ2v) is 8.96. The zero-order valence-electron chi connectivity index (χ0n) is 18.2. The first-order valence-corrected chi connectivity index (χ1v) is 10.8. The number of nitrogens with zero attached hydrogens (tertiary/aromatic N) is 1. The number of rotatable bonds is 7. The van der Waals surface area contributed by atoms with E-state index in [0.717, 1.165) is 16.9 Å². The maximum Gasteiger partial charge on any atom is 0.325 e. The minimum absolute atomic E-state index is 0.253. The lowest BCUT2D eigenvalue weighted by Crippen LogP contribution is -2.43. The van der Waals surface area contributed by atoms with E-state index in [1.807, 2.05) is 19.1 Å². The standard InChI is InChI=1S/C24H28ClN3O3/c1-15(2)13-17-9-11-18(12-10-17)16(3)26-21(29)14-28-22(30)24(4,27-23(28)31)19-7-5-6-8-20(19)25/h5-12,15-16H,13-14H2,1-4H3,(H,26,29)(H,27,31). The number of carbonyl (C=O) groups excluding carboxylic acids is 3. The van der Waals surface area contributed by atoms with E-state index < -0.39 is 23.4 Å². The largest absolute Gasteiger partial charge is 0.348 e. The maximum absolute atomic E-state index is 13.0. The average molecular weight is 442 g/mol. The first-order chi connectivity index (χ1) is 14.6. The molecule has 6 nitrogen and oxygen atoms in total. The molecule has 0 radical (unpaired) electrons. The molecule has 2 aromatic carbocycles. The first-order valence-electron chi connectivity index (χ1n) is 10.4. The maximum atomic E-state index is 13.0. The molecule has 1 fully saturated rings. The van der Waals surface area contributed by atoms with Crippen LogP contribution in [-0.4, -0.2) is 29.3 Å². The molecule has 7 heteroatoms. The van der Waals surface area contributed by atoms with Crippen LogP contribution >= 0.6 is 11.6 Å². The highest BCUT2D eigenvalue weighted by Crippen LogP contribution is 2.33. The van der Waals surface area contributed by atoms with Crippen LogP contribution in [0.2, 0.25) is 5.02 Å². The molecule has 0 aromatic heterocycles. The van der Waals surface area contributed by atoms with Crippen molar-refractivity contribution in [1.82, 2.24) is 15.5 Å². The van der Waals surface area contributed by atoms with Crippen LogP contribution in [0.1, 0.15) is 50.4 Å². The lowest BCUT2D eigenvalue weighted by Gasteiger charge is -2.23. The summed E-state index contributed by atoms with van der Waals surface area (Å²) in [4.78, 5) is 39.0. The third-order valence-electron chi connectivity index (χ3n) is 5.49. The van der Waals surface area contributed by atoms with Crippen molar-refractivity contribution in [2.75, 3.05) is 6.54 Å². The fraction of sp³-hybridized carbons (Fsp3) is 0.375. The number of hydrogen-bond donors (Lipinski definition) is 2. The molecule has 0 saturated carbocycles. The summed E-state index contributed by atoms with van der Waals surface area (Å²) in [6, 6.07) is 14.1. The Labute approximate surface area is 188 Å². The number of hydrogen-bond acceptors (Lipinski definition) is 3. The van der Waals surface area contributed by atoms with Gasteiger partial charge in [0.25, 0.3) is 5.91 Å². The molecule has 164 valence electrons. The zero-order valence-corrected chi connectivity index (χ0v) is 19.0. The Morgan fingerprint density at radius 2 is 1.74 bits per heavy atom. The van der Waals surface area contributed by atoms with Crippen molar-refractivity contribution in [3.8, 4) is 0 Å². The molecule has 1 heterocycles. The van der Waals surface area contributed by atoms with Crippen molar-refractivity contribution in [2.45, 2.75) is 45.7 Å². The van der Waals surface area contributed by atoms with E-state index in [1.54, 1.807) is 31.2 Å². The van der Waals surface area contributed by atoms with E-state index in [1.165, 1.54) is 5.56 Å². The molecule has 4 amide bonds. The van der Waals surface area contributed by atoms with Crippen LogP contribution in [0, 0.1) is 5.92 Å². The van der Waals surface area contributed by atoms with Crippen molar-refractivity contribution in [1.29, 1.82) is 0 Å². The Balaban J connectivity index is 1.65. The van der Waals surface area contributed by atoms with Crippen LogP contribution in [0.3, 0.4) is 0 Å². The molecule has 2 atom stereocenters. The van der Waals surface area contributed by atoms with Gasteiger partial charge in [0.2, 0.25) is 5.91 Å². The highest BCUT2D eigenvalue weighted by molar-refractivity contribution is 6.32. The number of benzene rings is 2. The quantitative estimate of drug-likeness (QED) is 0.632. The highest BCUT2D eigenvalue weighted by Gasteiger charge is 2.50. The zero-order chi connectivity index (χ0) is 22.8. The SMILES string of the molecule is CC(C)Cc1ccc(C(C)NC(=O)CN2C(=O)NC(C)(c3ccccc3Cl)C2=O)cc1. The molecule has 31 heavy (non-hydrogen) atoms. The van der Waals surface area contributed by atoms with Gasteiger partial charge in [0.15, 0.2) is 0 Å². The summed E-state index contributed by atoms with van der Waals surface area (Å²) < 4.78 is 0. The van der Waals surface area contributed by atoms with Gasteiger partial charge in [-0.05, 0) is 43.4 Å². The minimum Gasteiger partial charge on any atom is -0.348 e. The predicted molar refractivity (Wildman–Crippen MR) is 121 cm³/mol. The summed E-state index contributed by atoms with van der Waals surface area (Å²) in [6.45, 7) is 7.44. The van der Waals surface area contributed by atoms with Crippen LogP contribution in [0.15, 0.2) is 48.5 Å². The van der Waals surface area contributed by atoms with Gasteiger partial charge in [-0.3, -0.25) is 14.5 Å². The average Bonchev–Trinajstić information content (AvgIpc) is 2.92. The number of nitrogens with one attached hydrogen (secondary N) is 2. The number of imide groups is 1. The topological polar surface area (TPSA) is 78.5 Å². The van der Waals surface area contributed by atoms with Gasteiger partial charge >= 0.3 is 6.03 Å². The molecule has 1 saturated heterocycles. The fourth-order valence-corrected chi connectivity index (χ4v) is 4.14. The summed E-state index contributed by atoms with van der Waals surface area (Å²) in [6.07, 6.45) is 0.997. The summed E-state index contributed by atoms with van der Waals surface area (Å²) in [5, 5.41) is 5.91. The normalized spacial score (nSPS) is 19.5. The van der Waals surface area contributed by atoms with E-state index in [2.05, 4.69) is 36.6 Å². The van der Waals surface area contributed by atoms with Crippen LogP contribution in [0.4, 0.5) is 4.79 Å². The van der Waals surface area contributed by atoms with Crippen LogP contribution in [-0.2, 0) is 21.5 Å². The summed E-state index contributed by atoms with van der Waals surface area (Å²) >= 11 is 6.23. The molecular weight excluding hydrogens is 414 g/mol. The number of halogens is 1. The monoisotopic (exact) mass is 441 g/mol.